The third-order valence-electron chi connectivity index (χ3n) is 3.00. The predicted molar refractivity (Wildman–Crippen MR) is 73.2 cm³/mol. The number of rotatable bonds is 3. The van der Waals surface area contributed by atoms with Gasteiger partial charge in [0.2, 0.25) is 0 Å². The van der Waals surface area contributed by atoms with Gasteiger partial charge in [-0.3, -0.25) is 0 Å². The van der Waals surface area contributed by atoms with Crippen LogP contribution >= 0.6 is 11.6 Å². The number of hydrogen-bond acceptors (Lipinski definition) is 2. The first-order valence-electron chi connectivity index (χ1n) is 6.15. The summed E-state index contributed by atoms with van der Waals surface area (Å²) in [5, 5.41) is 0. The summed E-state index contributed by atoms with van der Waals surface area (Å²) >= 11 is 5.55. The lowest BCUT2D eigenvalue weighted by Crippen LogP contribution is -2.11. The topological polar surface area (TPSA) is 18.5 Å². The summed E-state index contributed by atoms with van der Waals surface area (Å²) in [6.45, 7) is 4.44. The van der Waals surface area contributed by atoms with E-state index in [9.17, 15) is 0 Å². The molecule has 0 aliphatic carbocycles. The van der Waals surface area contributed by atoms with Gasteiger partial charge in [-0.15, -0.1) is 11.6 Å². The zero-order valence-electron chi connectivity index (χ0n) is 10.5. The Morgan fingerprint density at radius 1 is 1.50 bits per heavy atom. The van der Waals surface area contributed by atoms with Crippen LogP contribution in [0.4, 0.5) is 0 Å². The van der Waals surface area contributed by atoms with Gasteiger partial charge >= 0.3 is 0 Å². The standard InChI is InChI=1S/C15H17ClO2/c1-12-9-15(5-4-14(12)3-2-7-16)18-11-13-6-8-17-10-13/h4-5,9,13H,6-8,10-11H2,1H3. The summed E-state index contributed by atoms with van der Waals surface area (Å²) in [6, 6.07) is 5.96. The minimum atomic E-state index is 0.360. The molecule has 18 heavy (non-hydrogen) atoms. The molecule has 0 spiro atoms. The fourth-order valence-corrected chi connectivity index (χ4v) is 1.99. The summed E-state index contributed by atoms with van der Waals surface area (Å²) in [7, 11) is 0. The van der Waals surface area contributed by atoms with E-state index in [0.29, 0.717) is 11.8 Å². The highest BCUT2D eigenvalue weighted by Gasteiger charge is 2.16. The molecule has 2 rings (SSSR count). The predicted octanol–water partition coefficient (Wildman–Crippen LogP) is 3.00. The van der Waals surface area contributed by atoms with Crippen LogP contribution in [-0.4, -0.2) is 25.7 Å². The van der Waals surface area contributed by atoms with Gasteiger partial charge in [0.25, 0.3) is 0 Å². The molecule has 1 atom stereocenters. The van der Waals surface area contributed by atoms with E-state index in [1.807, 2.05) is 25.1 Å². The second-order valence-corrected chi connectivity index (χ2v) is 4.72. The summed E-state index contributed by atoms with van der Waals surface area (Å²) in [4.78, 5) is 0. The van der Waals surface area contributed by atoms with Gasteiger partial charge in [0, 0.05) is 18.1 Å². The molecule has 1 heterocycles. The SMILES string of the molecule is Cc1cc(OCC2CCOC2)ccc1C#CCCl. The Labute approximate surface area is 113 Å². The normalized spacial score (nSPS) is 18.2. The van der Waals surface area contributed by atoms with Crippen molar-refractivity contribution in [2.24, 2.45) is 5.92 Å². The zero-order chi connectivity index (χ0) is 12.8. The number of halogens is 1. The maximum absolute atomic E-state index is 5.78. The van der Waals surface area contributed by atoms with Crippen molar-refractivity contribution in [3.8, 4) is 17.6 Å². The van der Waals surface area contributed by atoms with E-state index in [1.165, 1.54) is 0 Å². The second kappa shape index (κ2) is 6.68. The molecule has 1 unspecified atom stereocenters. The van der Waals surface area contributed by atoms with Crippen molar-refractivity contribution in [3.63, 3.8) is 0 Å². The lowest BCUT2D eigenvalue weighted by atomic mass is 10.1. The van der Waals surface area contributed by atoms with Crippen molar-refractivity contribution in [3.05, 3.63) is 29.3 Å². The number of benzene rings is 1. The van der Waals surface area contributed by atoms with Crippen LogP contribution in [0.1, 0.15) is 17.5 Å². The Morgan fingerprint density at radius 3 is 3.06 bits per heavy atom. The molecular formula is C15H17ClO2. The average molecular weight is 265 g/mol. The first-order chi connectivity index (χ1) is 8.79. The Bertz CT molecular complexity index is 453. The molecule has 1 saturated heterocycles. The van der Waals surface area contributed by atoms with E-state index < -0.39 is 0 Å². The smallest absolute Gasteiger partial charge is 0.119 e. The molecule has 0 saturated carbocycles. The van der Waals surface area contributed by atoms with Gasteiger partial charge in [-0.2, -0.15) is 0 Å². The quantitative estimate of drug-likeness (QED) is 0.617. The van der Waals surface area contributed by atoms with E-state index in [-0.39, 0.29) is 0 Å². The molecule has 2 nitrogen and oxygen atoms in total. The van der Waals surface area contributed by atoms with Crippen LogP contribution in [0.25, 0.3) is 0 Å². The lowest BCUT2D eigenvalue weighted by molar-refractivity contribution is 0.167. The highest BCUT2D eigenvalue weighted by atomic mass is 35.5. The summed E-state index contributed by atoms with van der Waals surface area (Å²) in [5.74, 6) is 7.68. The van der Waals surface area contributed by atoms with Crippen LogP contribution in [0.5, 0.6) is 5.75 Å². The molecular weight excluding hydrogens is 248 g/mol. The molecule has 1 aromatic rings. The highest BCUT2D eigenvalue weighted by Crippen LogP contribution is 2.19. The molecule has 0 bridgehead atoms. The van der Waals surface area contributed by atoms with Crippen LogP contribution in [-0.2, 0) is 4.74 Å². The van der Waals surface area contributed by atoms with Crippen molar-refractivity contribution in [2.75, 3.05) is 25.7 Å². The molecule has 1 aliphatic rings. The van der Waals surface area contributed by atoms with E-state index in [0.717, 1.165) is 43.1 Å². The van der Waals surface area contributed by atoms with Gasteiger partial charge in [0.15, 0.2) is 0 Å². The number of ether oxygens (including phenoxy) is 2. The van der Waals surface area contributed by atoms with Crippen molar-refractivity contribution in [2.45, 2.75) is 13.3 Å². The van der Waals surface area contributed by atoms with Gasteiger partial charge in [-0.1, -0.05) is 11.8 Å². The zero-order valence-corrected chi connectivity index (χ0v) is 11.3. The Balaban J connectivity index is 1.95. The molecule has 1 fully saturated rings. The van der Waals surface area contributed by atoms with Crippen molar-refractivity contribution >= 4 is 11.6 Å². The van der Waals surface area contributed by atoms with Gasteiger partial charge in [0.05, 0.1) is 19.1 Å². The maximum atomic E-state index is 5.78. The molecule has 0 aromatic heterocycles. The van der Waals surface area contributed by atoms with Crippen LogP contribution in [0, 0.1) is 24.7 Å². The summed E-state index contributed by atoms with van der Waals surface area (Å²) in [6.07, 6.45) is 1.10. The van der Waals surface area contributed by atoms with E-state index >= 15 is 0 Å². The molecule has 1 aromatic carbocycles. The monoisotopic (exact) mass is 264 g/mol. The molecule has 0 N–H and O–H groups in total. The van der Waals surface area contributed by atoms with Gasteiger partial charge in [0.1, 0.15) is 5.75 Å². The summed E-state index contributed by atoms with van der Waals surface area (Å²) < 4.78 is 11.1. The third kappa shape index (κ3) is 3.66. The Morgan fingerprint density at radius 2 is 2.39 bits per heavy atom. The number of alkyl halides is 1. The van der Waals surface area contributed by atoms with Crippen LogP contribution in [0.15, 0.2) is 18.2 Å². The molecule has 0 amide bonds. The molecule has 0 radical (unpaired) electrons. The fraction of sp³-hybridized carbons (Fsp3) is 0.467. The van der Waals surface area contributed by atoms with Gasteiger partial charge in [-0.05, 0) is 37.1 Å². The van der Waals surface area contributed by atoms with Crippen molar-refractivity contribution in [1.29, 1.82) is 0 Å². The Kier molecular flexibility index (Phi) is 4.92. The van der Waals surface area contributed by atoms with Crippen LogP contribution in [0.2, 0.25) is 0 Å². The fourth-order valence-electron chi connectivity index (χ4n) is 1.92. The summed E-state index contributed by atoms with van der Waals surface area (Å²) in [5.41, 5.74) is 2.12. The van der Waals surface area contributed by atoms with Gasteiger partial charge < -0.3 is 9.47 Å². The van der Waals surface area contributed by atoms with E-state index in [1.54, 1.807) is 0 Å². The van der Waals surface area contributed by atoms with E-state index in [4.69, 9.17) is 21.1 Å². The third-order valence-corrected chi connectivity index (χ3v) is 3.13. The Hall–Kier alpha value is -1.17. The average Bonchev–Trinajstić information content (AvgIpc) is 2.88. The molecule has 96 valence electrons. The molecule has 1 aliphatic heterocycles. The first kappa shape index (κ1) is 13.3. The van der Waals surface area contributed by atoms with Crippen LogP contribution < -0.4 is 4.74 Å². The lowest BCUT2D eigenvalue weighted by Gasteiger charge is -2.11. The number of hydrogen-bond donors (Lipinski definition) is 0. The van der Waals surface area contributed by atoms with Crippen LogP contribution in [0.3, 0.4) is 0 Å². The molecule has 3 heteroatoms. The first-order valence-corrected chi connectivity index (χ1v) is 6.69. The van der Waals surface area contributed by atoms with Gasteiger partial charge in [-0.25, -0.2) is 0 Å². The largest absolute Gasteiger partial charge is 0.493 e. The number of aryl methyl sites for hydroxylation is 1. The highest BCUT2D eigenvalue weighted by molar-refractivity contribution is 6.19. The van der Waals surface area contributed by atoms with Crippen molar-refractivity contribution < 1.29 is 9.47 Å². The van der Waals surface area contributed by atoms with Crippen molar-refractivity contribution in [1.82, 2.24) is 0 Å². The second-order valence-electron chi connectivity index (χ2n) is 4.45. The minimum Gasteiger partial charge on any atom is -0.493 e. The maximum Gasteiger partial charge on any atom is 0.119 e. The van der Waals surface area contributed by atoms with E-state index in [2.05, 4.69) is 11.8 Å². The minimum absolute atomic E-state index is 0.360.